The highest BCUT2D eigenvalue weighted by Gasteiger charge is 2.26. The molecule has 0 unspecified atom stereocenters. The zero-order valence-corrected chi connectivity index (χ0v) is 16.5. The van der Waals surface area contributed by atoms with Gasteiger partial charge in [0.15, 0.2) is 0 Å². The molecule has 1 aliphatic heterocycles. The molecule has 2 aromatic rings. The van der Waals surface area contributed by atoms with Gasteiger partial charge in [-0.3, -0.25) is 9.59 Å². The highest BCUT2D eigenvalue weighted by atomic mass is 16.5. The molecule has 1 aliphatic rings. The highest BCUT2D eigenvalue weighted by molar-refractivity contribution is 5.97. The van der Waals surface area contributed by atoms with Crippen LogP contribution in [0.5, 0.6) is 11.5 Å². The van der Waals surface area contributed by atoms with Crippen LogP contribution in [-0.2, 0) is 0 Å². The van der Waals surface area contributed by atoms with Crippen molar-refractivity contribution in [1.29, 1.82) is 0 Å². The third-order valence-corrected chi connectivity index (χ3v) is 5.15. The predicted molar refractivity (Wildman–Crippen MR) is 107 cm³/mol. The van der Waals surface area contributed by atoms with Crippen molar-refractivity contribution >= 4 is 11.8 Å². The minimum atomic E-state index is -0.0665. The van der Waals surface area contributed by atoms with Crippen LogP contribution in [0.1, 0.15) is 39.1 Å². The minimum absolute atomic E-state index is 0.0558. The number of ether oxygens (including phenoxy) is 2. The first kappa shape index (κ1) is 19.7. The lowest BCUT2D eigenvalue weighted by Gasteiger charge is -2.32. The van der Waals surface area contributed by atoms with E-state index in [2.05, 4.69) is 5.32 Å². The Hall–Kier alpha value is -3.02. The number of hydrogen-bond donors (Lipinski definition) is 1. The summed E-state index contributed by atoms with van der Waals surface area (Å²) in [6.45, 7) is 3.11. The number of aryl methyl sites for hydroxylation is 1. The van der Waals surface area contributed by atoms with Crippen LogP contribution in [0, 0.1) is 6.92 Å². The van der Waals surface area contributed by atoms with Crippen molar-refractivity contribution in [2.24, 2.45) is 0 Å². The van der Waals surface area contributed by atoms with Crippen LogP contribution in [0.25, 0.3) is 0 Å². The lowest BCUT2D eigenvalue weighted by atomic mass is 10.0. The van der Waals surface area contributed by atoms with E-state index in [9.17, 15) is 9.59 Å². The molecule has 0 aromatic heterocycles. The van der Waals surface area contributed by atoms with Gasteiger partial charge in [-0.25, -0.2) is 0 Å². The number of rotatable bonds is 5. The molecule has 0 atom stereocenters. The van der Waals surface area contributed by atoms with E-state index in [1.165, 1.54) is 0 Å². The number of carbonyl (C=O) groups excluding carboxylic acids is 2. The molecule has 28 heavy (non-hydrogen) atoms. The SMILES string of the molecule is COc1ccc(C(=O)N2CCC(NC(=O)c3ccccc3C)CC2)c(OC)c1. The molecule has 0 radical (unpaired) electrons. The lowest BCUT2D eigenvalue weighted by Crippen LogP contribution is -2.46. The fourth-order valence-corrected chi connectivity index (χ4v) is 3.46. The molecule has 0 bridgehead atoms. The Balaban J connectivity index is 1.60. The molecule has 1 N–H and O–H groups in total. The second kappa shape index (κ2) is 8.78. The fraction of sp³-hybridized carbons (Fsp3) is 0.364. The van der Waals surface area contributed by atoms with Crippen molar-refractivity contribution < 1.29 is 19.1 Å². The third kappa shape index (κ3) is 4.27. The zero-order valence-electron chi connectivity index (χ0n) is 16.5. The fourth-order valence-electron chi connectivity index (χ4n) is 3.46. The Bertz CT molecular complexity index is 857. The van der Waals surface area contributed by atoms with Crippen molar-refractivity contribution in [3.8, 4) is 11.5 Å². The summed E-state index contributed by atoms with van der Waals surface area (Å²) in [6.07, 6.45) is 1.45. The molecule has 0 aliphatic carbocycles. The number of nitrogens with zero attached hydrogens (tertiary/aromatic N) is 1. The van der Waals surface area contributed by atoms with Gasteiger partial charge in [-0.15, -0.1) is 0 Å². The topological polar surface area (TPSA) is 67.9 Å². The number of likely N-dealkylation sites (tertiary alicyclic amines) is 1. The number of piperidine rings is 1. The first-order chi connectivity index (χ1) is 13.5. The van der Waals surface area contributed by atoms with Crippen molar-refractivity contribution in [1.82, 2.24) is 10.2 Å². The van der Waals surface area contributed by atoms with Gasteiger partial charge in [0.05, 0.1) is 19.8 Å². The quantitative estimate of drug-likeness (QED) is 0.863. The van der Waals surface area contributed by atoms with Gasteiger partial charge in [-0.05, 0) is 43.5 Å². The molecule has 3 rings (SSSR count). The molecule has 2 aromatic carbocycles. The smallest absolute Gasteiger partial charge is 0.257 e. The minimum Gasteiger partial charge on any atom is -0.497 e. The zero-order chi connectivity index (χ0) is 20.1. The molecular weight excluding hydrogens is 356 g/mol. The van der Waals surface area contributed by atoms with Gasteiger partial charge in [0.25, 0.3) is 11.8 Å². The van der Waals surface area contributed by atoms with E-state index in [-0.39, 0.29) is 17.9 Å². The van der Waals surface area contributed by atoms with E-state index in [0.717, 1.165) is 18.4 Å². The van der Waals surface area contributed by atoms with E-state index in [4.69, 9.17) is 9.47 Å². The number of amides is 2. The molecule has 148 valence electrons. The molecule has 6 heteroatoms. The number of benzene rings is 2. The maximum Gasteiger partial charge on any atom is 0.257 e. The van der Waals surface area contributed by atoms with Gasteiger partial charge in [0.2, 0.25) is 0 Å². The Morgan fingerprint density at radius 1 is 1.00 bits per heavy atom. The summed E-state index contributed by atoms with van der Waals surface area (Å²) < 4.78 is 10.5. The van der Waals surface area contributed by atoms with Crippen molar-refractivity contribution in [2.45, 2.75) is 25.8 Å². The Morgan fingerprint density at radius 3 is 2.36 bits per heavy atom. The number of carbonyl (C=O) groups is 2. The standard InChI is InChI=1S/C22H26N2O4/c1-15-6-4-5-7-18(15)21(25)23-16-10-12-24(13-11-16)22(26)19-9-8-17(27-2)14-20(19)28-3/h4-9,14,16H,10-13H2,1-3H3,(H,23,25). The molecular formula is C22H26N2O4. The summed E-state index contributed by atoms with van der Waals surface area (Å²) in [4.78, 5) is 27.2. The molecule has 0 spiro atoms. The van der Waals surface area contributed by atoms with E-state index in [1.54, 1.807) is 37.3 Å². The third-order valence-electron chi connectivity index (χ3n) is 5.15. The van der Waals surface area contributed by atoms with Crippen LogP contribution in [0.15, 0.2) is 42.5 Å². The normalized spacial score (nSPS) is 14.5. The molecule has 1 fully saturated rings. The molecule has 6 nitrogen and oxygen atoms in total. The van der Waals surface area contributed by atoms with Crippen molar-refractivity contribution in [2.75, 3.05) is 27.3 Å². The van der Waals surface area contributed by atoms with Crippen LogP contribution in [0.4, 0.5) is 0 Å². The summed E-state index contributed by atoms with van der Waals surface area (Å²) in [5.41, 5.74) is 2.17. The first-order valence-corrected chi connectivity index (χ1v) is 9.41. The second-order valence-electron chi connectivity index (χ2n) is 6.92. The van der Waals surface area contributed by atoms with Crippen LogP contribution >= 0.6 is 0 Å². The molecule has 0 saturated carbocycles. The molecule has 1 saturated heterocycles. The average Bonchev–Trinajstić information content (AvgIpc) is 2.73. The van der Waals surface area contributed by atoms with Crippen molar-refractivity contribution in [3.63, 3.8) is 0 Å². The number of nitrogens with one attached hydrogen (secondary N) is 1. The summed E-state index contributed by atoms with van der Waals surface area (Å²) in [7, 11) is 3.12. The van der Waals surface area contributed by atoms with Crippen LogP contribution in [0.3, 0.4) is 0 Å². The summed E-state index contributed by atoms with van der Waals surface area (Å²) in [6, 6.07) is 12.8. The highest BCUT2D eigenvalue weighted by Crippen LogP contribution is 2.26. The molecule has 2 amide bonds. The maximum atomic E-state index is 12.9. The van der Waals surface area contributed by atoms with E-state index in [0.29, 0.717) is 35.7 Å². The van der Waals surface area contributed by atoms with Crippen LogP contribution in [0.2, 0.25) is 0 Å². The summed E-state index contributed by atoms with van der Waals surface area (Å²) in [5, 5.41) is 3.09. The van der Waals surface area contributed by atoms with Crippen LogP contribution < -0.4 is 14.8 Å². The number of methoxy groups -OCH3 is 2. The Kier molecular flexibility index (Phi) is 6.19. The monoisotopic (exact) mass is 382 g/mol. The van der Waals surface area contributed by atoms with Crippen LogP contribution in [-0.4, -0.2) is 50.1 Å². The Morgan fingerprint density at radius 2 is 1.71 bits per heavy atom. The van der Waals surface area contributed by atoms with Gasteiger partial charge in [0, 0.05) is 30.8 Å². The molecule has 1 heterocycles. The average molecular weight is 382 g/mol. The van der Waals surface area contributed by atoms with Gasteiger partial charge in [0.1, 0.15) is 11.5 Å². The van der Waals surface area contributed by atoms with Gasteiger partial charge in [-0.2, -0.15) is 0 Å². The van der Waals surface area contributed by atoms with Crippen molar-refractivity contribution in [3.05, 3.63) is 59.2 Å². The first-order valence-electron chi connectivity index (χ1n) is 9.41. The van der Waals surface area contributed by atoms with E-state index >= 15 is 0 Å². The van der Waals surface area contributed by atoms with Gasteiger partial charge >= 0.3 is 0 Å². The van der Waals surface area contributed by atoms with Gasteiger partial charge in [-0.1, -0.05) is 18.2 Å². The second-order valence-corrected chi connectivity index (χ2v) is 6.92. The van der Waals surface area contributed by atoms with Gasteiger partial charge < -0.3 is 19.7 Å². The lowest BCUT2D eigenvalue weighted by molar-refractivity contribution is 0.0695. The van der Waals surface area contributed by atoms with E-state index in [1.807, 2.05) is 31.2 Å². The largest absolute Gasteiger partial charge is 0.497 e. The Labute approximate surface area is 165 Å². The predicted octanol–water partition coefficient (Wildman–Crippen LogP) is 3.05. The summed E-state index contributed by atoms with van der Waals surface area (Å²) >= 11 is 0. The maximum absolute atomic E-state index is 12.9. The van der Waals surface area contributed by atoms with E-state index < -0.39 is 0 Å². The summed E-state index contributed by atoms with van der Waals surface area (Å²) in [5.74, 6) is 1.02. The number of hydrogen-bond acceptors (Lipinski definition) is 4.